The summed E-state index contributed by atoms with van der Waals surface area (Å²) in [7, 11) is 1.18. The fourth-order valence-electron chi connectivity index (χ4n) is 3.21. The van der Waals surface area contributed by atoms with E-state index in [1.807, 2.05) is 19.9 Å². The fourth-order valence-corrected chi connectivity index (χ4v) is 3.21. The van der Waals surface area contributed by atoms with Crippen LogP contribution >= 0.6 is 0 Å². The summed E-state index contributed by atoms with van der Waals surface area (Å²) in [5.74, 6) is -5.83. The van der Waals surface area contributed by atoms with Crippen molar-refractivity contribution >= 4 is 0 Å². The lowest BCUT2D eigenvalue weighted by atomic mass is 9.99. The summed E-state index contributed by atoms with van der Waals surface area (Å²) in [5.41, 5.74) is -1.13. The molecule has 1 aliphatic rings. The highest BCUT2D eigenvalue weighted by atomic mass is 19.2. The molecule has 2 rings (SSSR count). The topological polar surface area (TPSA) is 33.0 Å². The van der Waals surface area contributed by atoms with Crippen LogP contribution in [-0.2, 0) is 17.8 Å². The van der Waals surface area contributed by atoms with Gasteiger partial charge < -0.3 is 4.74 Å². The summed E-state index contributed by atoms with van der Waals surface area (Å²) in [6.45, 7) is 4.88. The minimum atomic E-state index is -1.41. The second-order valence-electron chi connectivity index (χ2n) is 6.77. The van der Waals surface area contributed by atoms with Crippen molar-refractivity contribution in [3.05, 3.63) is 46.0 Å². The number of benzene rings is 1. The van der Waals surface area contributed by atoms with Crippen LogP contribution in [0, 0.1) is 51.9 Å². The van der Waals surface area contributed by atoms with Crippen molar-refractivity contribution in [2.75, 3.05) is 7.11 Å². The van der Waals surface area contributed by atoms with E-state index in [-0.39, 0.29) is 23.7 Å². The predicted molar refractivity (Wildman–Crippen MR) is 80.8 cm³/mol. The molecule has 2 nitrogen and oxygen atoms in total. The first-order chi connectivity index (χ1) is 11.2. The maximum absolute atomic E-state index is 14.2. The van der Waals surface area contributed by atoms with Gasteiger partial charge >= 0.3 is 0 Å². The van der Waals surface area contributed by atoms with E-state index in [4.69, 9.17) is 5.26 Å². The molecule has 0 heterocycles. The third-order valence-electron chi connectivity index (χ3n) is 4.90. The molecule has 1 aromatic rings. The van der Waals surface area contributed by atoms with Crippen LogP contribution in [0.5, 0.6) is 0 Å². The standard InChI is InChI=1S/C18H19F4NO/c1-9(7-23)5-12-13(18(12,2)3)6-10-14(19)16(21)11(8-24-4)17(22)15(10)20/h5,12-13H,6,8H2,1-4H3/b9-5-/t12?,13-/m1/s1. The molecule has 1 saturated carbocycles. The second-order valence-corrected chi connectivity index (χ2v) is 6.77. The summed E-state index contributed by atoms with van der Waals surface area (Å²) in [6.07, 6.45) is 1.61. The zero-order valence-corrected chi connectivity index (χ0v) is 14.0. The van der Waals surface area contributed by atoms with E-state index in [1.54, 1.807) is 13.0 Å². The molecule has 130 valence electrons. The maximum atomic E-state index is 14.2. The normalized spacial score (nSPS) is 22.4. The van der Waals surface area contributed by atoms with Crippen molar-refractivity contribution in [2.24, 2.45) is 17.3 Å². The summed E-state index contributed by atoms with van der Waals surface area (Å²) < 4.78 is 61.0. The van der Waals surface area contributed by atoms with Crippen LogP contribution in [0.25, 0.3) is 0 Å². The first-order valence-electron chi connectivity index (χ1n) is 7.57. The number of hydrogen-bond donors (Lipinski definition) is 0. The summed E-state index contributed by atoms with van der Waals surface area (Å²) in [4.78, 5) is 0. The van der Waals surface area contributed by atoms with Crippen LogP contribution in [0.15, 0.2) is 11.6 Å². The first kappa shape index (κ1) is 18.5. The van der Waals surface area contributed by atoms with Gasteiger partial charge in [-0.3, -0.25) is 0 Å². The van der Waals surface area contributed by atoms with Crippen LogP contribution in [-0.4, -0.2) is 7.11 Å². The molecule has 24 heavy (non-hydrogen) atoms. The summed E-state index contributed by atoms with van der Waals surface area (Å²) in [5, 5.41) is 8.85. The Kier molecular flexibility index (Phi) is 5.05. The molecule has 1 fully saturated rings. The molecule has 0 spiro atoms. The van der Waals surface area contributed by atoms with Crippen LogP contribution < -0.4 is 0 Å². The Morgan fingerprint density at radius 2 is 1.62 bits per heavy atom. The largest absolute Gasteiger partial charge is 0.380 e. The van der Waals surface area contributed by atoms with Gasteiger partial charge in [-0.15, -0.1) is 0 Å². The van der Waals surface area contributed by atoms with Crippen LogP contribution in [0.2, 0.25) is 0 Å². The molecule has 0 N–H and O–H groups in total. The van der Waals surface area contributed by atoms with Gasteiger partial charge in [0, 0.05) is 18.2 Å². The average Bonchev–Trinajstić information content (AvgIpc) is 3.05. The molecule has 6 heteroatoms. The molecule has 0 radical (unpaired) electrons. The zero-order chi connectivity index (χ0) is 18.2. The maximum Gasteiger partial charge on any atom is 0.167 e. The SMILES string of the molecule is COCc1c(F)c(F)c(C[C@@H]2C(/C=C(/C)C#N)C2(C)C)c(F)c1F. The quantitative estimate of drug-likeness (QED) is 0.443. The van der Waals surface area contributed by atoms with Crippen molar-refractivity contribution in [1.29, 1.82) is 5.26 Å². The van der Waals surface area contributed by atoms with Gasteiger partial charge in [-0.05, 0) is 30.6 Å². The third-order valence-corrected chi connectivity index (χ3v) is 4.90. The van der Waals surface area contributed by atoms with Crippen molar-refractivity contribution in [3.8, 4) is 6.07 Å². The molecular formula is C18H19F4NO. The Morgan fingerprint density at radius 1 is 1.12 bits per heavy atom. The van der Waals surface area contributed by atoms with Gasteiger partial charge in [-0.25, -0.2) is 17.6 Å². The van der Waals surface area contributed by atoms with E-state index in [0.717, 1.165) is 0 Å². The number of allylic oxidation sites excluding steroid dienone is 2. The lowest BCUT2D eigenvalue weighted by Gasteiger charge is -2.12. The summed E-state index contributed by atoms with van der Waals surface area (Å²) in [6, 6.07) is 2.00. The van der Waals surface area contributed by atoms with E-state index >= 15 is 0 Å². The van der Waals surface area contributed by atoms with E-state index < -0.39 is 41.0 Å². The van der Waals surface area contributed by atoms with E-state index in [2.05, 4.69) is 4.74 Å². The highest BCUT2D eigenvalue weighted by molar-refractivity contribution is 5.33. The van der Waals surface area contributed by atoms with E-state index in [9.17, 15) is 17.6 Å². The molecular weight excluding hydrogens is 322 g/mol. The minimum Gasteiger partial charge on any atom is -0.380 e. The highest BCUT2D eigenvalue weighted by Gasteiger charge is 2.56. The molecule has 1 aliphatic carbocycles. The fraction of sp³-hybridized carbons (Fsp3) is 0.500. The molecule has 2 atom stereocenters. The monoisotopic (exact) mass is 341 g/mol. The second kappa shape index (κ2) is 6.56. The first-order valence-corrected chi connectivity index (χ1v) is 7.57. The van der Waals surface area contributed by atoms with Gasteiger partial charge in [0.25, 0.3) is 0 Å². The Labute approximate surface area is 138 Å². The average molecular weight is 341 g/mol. The Hall–Kier alpha value is -1.87. The smallest absolute Gasteiger partial charge is 0.167 e. The highest BCUT2D eigenvalue weighted by Crippen LogP contribution is 2.60. The molecule has 0 aromatic heterocycles. The minimum absolute atomic E-state index is 0.0688. The molecule has 0 saturated heterocycles. The van der Waals surface area contributed by atoms with Crippen LogP contribution in [0.3, 0.4) is 0 Å². The number of hydrogen-bond acceptors (Lipinski definition) is 2. The predicted octanol–water partition coefficient (Wildman–Crippen LogP) is 4.67. The number of nitrogens with zero attached hydrogens (tertiary/aromatic N) is 1. The molecule has 0 aliphatic heterocycles. The van der Waals surface area contributed by atoms with E-state index in [1.165, 1.54) is 7.11 Å². The number of nitriles is 1. The van der Waals surface area contributed by atoms with Crippen molar-refractivity contribution < 1.29 is 22.3 Å². The van der Waals surface area contributed by atoms with Gasteiger partial charge in [-0.2, -0.15) is 5.26 Å². The van der Waals surface area contributed by atoms with Crippen LogP contribution in [0.1, 0.15) is 31.9 Å². The van der Waals surface area contributed by atoms with Gasteiger partial charge in [0.1, 0.15) is 0 Å². The van der Waals surface area contributed by atoms with Crippen molar-refractivity contribution in [2.45, 2.75) is 33.8 Å². The van der Waals surface area contributed by atoms with Gasteiger partial charge in [0.05, 0.1) is 18.2 Å². The third kappa shape index (κ3) is 3.05. The van der Waals surface area contributed by atoms with E-state index in [0.29, 0.717) is 5.57 Å². The lowest BCUT2D eigenvalue weighted by Crippen LogP contribution is -2.11. The zero-order valence-electron chi connectivity index (χ0n) is 14.0. The molecule has 0 bridgehead atoms. The molecule has 1 aromatic carbocycles. The van der Waals surface area contributed by atoms with Crippen molar-refractivity contribution in [1.82, 2.24) is 0 Å². The van der Waals surface area contributed by atoms with Gasteiger partial charge in [0.2, 0.25) is 0 Å². The number of halogens is 4. The number of rotatable bonds is 5. The Morgan fingerprint density at radius 3 is 2.08 bits per heavy atom. The summed E-state index contributed by atoms with van der Waals surface area (Å²) >= 11 is 0. The van der Waals surface area contributed by atoms with Gasteiger partial charge in [-0.1, -0.05) is 19.9 Å². The number of methoxy groups -OCH3 is 1. The molecule has 0 amide bonds. The lowest BCUT2D eigenvalue weighted by molar-refractivity contribution is 0.175. The molecule has 1 unspecified atom stereocenters. The Bertz CT molecular complexity index is 705. The number of ether oxygens (including phenoxy) is 1. The van der Waals surface area contributed by atoms with Crippen LogP contribution in [0.4, 0.5) is 17.6 Å². The Balaban J connectivity index is 2.37. The van der Waals surface area contributed by atoms with Gasteiger partial charge in [0.15, 0.2) is 23.3 Å². The van der Waals surface area contributed by atoms with Crippen molar-refractivity contribution in [3.63, 3.8) is 0 Å².